The van der Waals surface area contributed by atoms with Crippen LogP contribution in [0.3, 0.4) is 0 Å². The Morgan fingerprint density at radius 2 is 1.19 bits per heavy atom. The standard InChI is InChI=1S/C31H25F/c1-3-4-5-24-7-9-25(10-8-24)11-12-26-13-15-27(16-14-26)17-18-28-19-21-30-29(22-28)20-6-23(2)31(30)32/h6-10,13-16,19-22H,3-5H2,1-2H3. The highest BCUT2D eigenvalue weighted by atomic mass is 19.1. The second-order valence-electron chi connectivity index (χ2n) is 8.01. The highest BCUT2D eigenvalue weighted by molar-refractivity contribution is 5.85. The quantitative estimate of drug-likeness (QED) is 0.305. The van der Waals surface area contributed by atoms with Gasteiger partial charge in [0.25, 0.3) is 0 Å². The Hall–Kier alpha value is -3.81. The number of aryl methyl sites for hydroxylation is 2. The Bertz CT molecular complexity index is 1350. The van der Waals surface area contributed by atoms with Gasteiger partial charge in [0.15, 0.2) is 0 Å². The first-order chi connectivity index (χ1) is 15.6. The molecule has 0 nitrogen and oxygen atoms in total. The molecule has 0 aliphatic heterocycles. The first-order valence-electron chi connectivity index (χ1n) is 11.0. The van der Waals surface area contributed by atoms with Crippen LogP contribution in [-0.2, 0) is 6.42 Å². The third-order valence-electron chi connectivity index (χ3n) is 5.51. The van der Waals surface area contributed by atoms with Gasteiger partial charge in [0, 0.05) is 27.6 Å². The molecule has 0 heterocycles. The van der Waals surface area contributed by atoms with E-state index in [1.54, 1.807) is 19.1 Å². The van der Waals surface area contributed by atoms with Crippen LogP contribution in [0.5, 0.6) is 0 Å². The lowest BCUT2D eigenvalue weighted by molar-refractivity contribution is 0.631. The minimum absolute atomic E-state index is 0.161. The predicted octanol–water partition coefficient (Wildman–Crippen LogP) is 7.43. The lowest BCUT2D eigenvalue weighted by Gasteiger charge is -2.03. The molecule has 0 fully saturated rings. The lowest BCUT2D eigenvalue weighted by atomic mass is 10.0. The monoisotopic (exact) mass is 416 g/mol. The Labute approximate surface area is 190 Å². The smallest absolute Gasteiger partial charge is 0.133 e. The van der Waals surface area contributed by atoms with E-state index in [-0.39, 0.29) is 5.82 Å². The number of hydrogen-bond acceptors (Lipinski definition) is 0. The first-order valence-corrected chi connectivity index (χ1v) is 11.0. The van der Waals surface area contributed by atoms with E-state index >= 15 is 0 Å². The van der Waals surface area contributed by atoms with E-state index in [9.17, 15) is 4.39 Å². The predicted molar refractivity (Wildman–Crippen MR) is 132 cm³/mol. The van der Waals surface area contributed by atoms with Gasteiger partial charge in [-0.15, -0.1) is 0 Å². The molecule has 0 bridgehead atoms. The summed E-state index contributed by atoms with van der Waals surface area (Å²) in [6.07, 6.45) is 3.56. The molecule has 4 aromatic rings. The van der Waals surface area contributed by atoms with Gasteiger partial charge in [-0.2, -0.15) is 0 Å². The van der Waals surface area contributed by atoms with Gasteiger partial charge in [0.2, 0.25) is 0 Å². The van der Waals surface area contributed by atoms with Crippen molar-refractivity contribution in [3.8, 4) is 23.7 Å². The Morgan fingerprint density at radius 1 is 0.656 bits per heavy atom. The molecule has 32 heavy (non-hydrogen) atoms. The largest absolute Gasteiger partial charge is 0.206 e. The van der Waals surface area contributed by atoms with Gasteiger partial charge in [-0.1, -0.05) is 67.4 Å². The fourth-order valence-electron chi connectivity index (χ4n) is 3.54. The van der Waals surface area contributed by atoms with E-state index in [1.807, 2.05) is 42.5 Å². The van der Waals surface area contributed by atoms with E-state index in [4.69, 9.17) is 0 Å². The topological polar surface area (TPSA) is 0 Å². The van der Waals surface area contributed by atoms with Crippen molar-refractivity contribution in [1.29, 1.82) is 0 Å². The van der Waals surface area contributed by atoms with Crippen LogP contribution in [0.4, 0.5) is 4.39 Å². The van der Waals surface area contributed by atoms with Crippen molar-refractivity contribution in [3.05, 3.63) is 118 Å². The van der Waals surface area contributed by atoms with E-state index in [1.165, 1.54) is 18.4 Å². The fourth-order valence-corrected chi connectivity index (χ4v) is 3.54. The van der Waals surface area contributed by atoms with Crippen molar-refractivity contribution >= 4 is 10.8 Å². The van der Waals surface area contributed by atoms with Crippen molar-refractivity contribution in [3.63, 3.8) is 0 Å². The number of benzene rings is 4. The van der Waals surface area contributed by atoms with E-state index < -0.39 is 0 Å². The molecule has 4 rings (SSSR count). The lowest BCUT2D eigenvalue weighted by Crippen LogP contribution is -1.86. The van der Waals surface area contributed by atoms with Crippen LogP contribution in [0.15, 0.2) is 78.9 Å². The van der Waals surface area contributed by atoms with Crippen LogP contribution in [0.2, 0.25) is 0 Å². The van der Waals surface area contributed by atoms with Crippen LogP contribution in [-0.4, -0.2) is 0 Å². The molecule has 0 aliphatic carbocycles. The van der Waals surface area contributed by atoms with Crippen molar-refractivity contribution in [2.24, 2.45) is 0 Å². The van der Waals surface area contributed by atoms with E-state index in [0.717, 1.165) is 34.1 Å². The van der Waals surface area contributed by atoms with Gasteiger partial charge >= 0.3 is 0 Å². The number of hydrogen-bond donors (Lipinski definition) is 0. The summed E-state index contributed by atoms with van der Waals surface area (Å²) in [6.45, 7) is 3.99. The minimum atomic E-state index is -0.161. The number of rotatable bonds is 3. The zero-order chi connectivity index (χ0) is 22.3. The first kappa shape index (κ1) is 21.4. The summed E-state index contributed by atoms with van der Waals surface area (Å²) in [5.41, 5.74) is 5.80. The third kappa shape index (κ3) is 5.26. The summed E-state index contributed by atoms with van der Waals surface area (Å²) >= 11 is 0. The van der Waals surface area contributed by atoms with Crippen LogP contribution in [0.1, 0.15) is 53.1 Å². The molecule has 4 aromatic carbocycles. The van der Waals surface area contributed by atoms with Crippen molar-refractivity contribution in [1.82, 2.24) is 0 Å². The summed E-state index contributed by atoms with van der Waals surface area (Å²) in [5, 5.41) is 1.50. The number of halogens is 1. The SMILES string of the molecule is CCCCc1ccc(C#Cc2ccc(C#Cc3ccc4c(F)c(C)ccc4c3)cc2)cc1. The molecular formula is C31H25F. The van der Waals surface area contributed by atoms with Crippen molar-refractivity contribution in [2.75, 3.05) is 0 Å². The second kappa shape index (κ2) is 10.00. The molecule has 0 saturated heterocycles. The van der Waals surface area contributed by atoms with Crippen LogP contribution in [0.25, 0.3) is 10.8 Å². The molecule has 0 aliphatic rings. The van der Waals surface area contributed by atoms with Crippen molar-refractivity contribution in [2.45, 2.75) is 33.1 Å². The number of unbranched alkanes of at least 4 members (excludes halogenated alkanes) is 1. The second-order valence-corrected chi connectivity index (χ2v) is 8.01. The molecule has 0 aromatic heterocycles. The molecule has 0 atom stereocenters. The highest BCUT2D eigenvalue weighted by Crippen LogP contribution is 2.21. The molecule has 0 unspecified atom stereocenters. The van der Waals surface area contributed by atoms with E-state index in [0.29, 0.717) is 10.9 Å². The molecule has 0 amide bonds. The maximum Gasteiger partial charge on any atom is 0.133 e. The van der Waals surface area contributed by atoms with Crippen LogP contribution >= 0.6 is 0 Å². The van der Waals surface area contributed by atoms with Gasteiger partial charge in [-0.25, -0.2) is 4.39 Å². The maximum absolute atomic E-state index is 14.2. The van der Waals surface area contributed by atoms with E-state index in [2.05, 4.69) is 54.9 Å². The average molecular weight is 417 g/mol. The zero-order valence-corrected chi connectivity index (χ0v) is 18.5. The van der Waals surface area contributed by atoms with Crippen LogP contribution < -0.4 is 0 Å². The molecule has 156 valence electrons. The summed E-state index contributed by atoms with van der Waals surface area (Å²) in [4.78, 5) is 0. The van der Waals surface area contributed by atoms with Gasteiger partial charge < -0.3 is 0 Å². The third-order valence-corrected chi connectivity index (χ3v) is 5.51. The molecular weight excluding hydrogens is 391 g/mol. The summed E-state index contributed by atoms with van der Waals surface area (Å²) < 4.78 is 14.2. The Balaban J connectivity index is 1.45. The van der Waals surface area contributed by atoms with Gasteiger partial charge in [0.1, 0.15) is 5.82 Å². The summed E-state index contributed by atoms with van der Waals surface area (Å²) in [7, 11) is 0. The molecule has 0 N–H and O–H groups in total. The zero-order valence-electron chi connectivity index (χ0n) is 18.5. The Morgan fingerprint density at radius 3 is 1.78 bits per heavy atom. The minimum Gasteiger partial charge on any atom is -0.206 e. The summed E-state index contributed by atoms with van der Waals surface area (Å²) in [6, 6.07) is 25.8. The highest BCUT2D eigenvalue weighted by Gasteiger charge is 2.03. The normalized spacial score (nSPS) is 10.2. The summed E-state index contributed by atoms with van der Waals surface area (Å²) in [5.74, 6) is 12.6. The van der Waals surface area contributed by atoms with Crippen molar-refractivity contribution < 1.29 is 4.39 Å². The molecule has 0 spiro atoms. The Kier molecular flexibility index (Phi) is 6.69. The molecule has 0 saturated carbocycles. The van der Waals surface area contributed by atoms with Gasteiger partial charge in [-0.3, -0.25) is 0 Å². The number of fused-ring (bicyclic) bond motifs is 1. The fraction of sp³-hybridized carbons (Fsp3) is 0.161. The van der Waals surface area contributed by atoms with Crippen LogP contribution in [0, 0.1) is 36.4 Å². The van der Waals surface area contributed by atoms with Gasteiger partial charge in [0.05, 0.1) is 0 Å². The average Bonchev–Trinajstić information content (AvgIpc) is 2.84. The maximum atomic E-state index is 14.2. The molecule has 1 heteroatoms. The van der Waals surface area contributed by atoms with Gasteiger partial charge in [-0.05, 0) is 84.8 Å². The molecule has 0 radical (unpaired) electrons.